The molecule has 0 spiro atoms. The van der Waals surface area contributed by atoms with E-state index in [-0.39, 0.29) is 0 Å². The fourth-order valence-corrected chi connectivity index (χ4v) is 1.91. The predicted molar refractivity (Wildman–Crippen MR) is 54.6 cm³/mol. The maximum Gasteiger partial charge on any atom is 0.122 e. The number of hydrogen-bond acceptors (Lipinski definition) is 1. The Morgan fingerprint density at radius 2 is 2.00 bits per heavy atom. The quantitative estimate of drug-likeness (QED) is 0.692. The summed E-state index contributed by atoms with van der Waals surface area (Å²) in [5.74, 6) is 0.518. The molecule has 1 aliphatic carbocycles. The molecule has 1 aliphatic rings. The molecule has 1 aromatic rings. The summed E-state index contributed by atoms with van der Waals surface area (Å²) in [7, 11) is 0. The number of aliphatic hydroxyl groups excluding tert-OH is 1. The normalized spacial score (nSPS) is 15.8. The molecule has 0 fully saturated rings. The van der Waals surface area contributed by atoms with Gasteiger partial charge in [0.05, 0.1) is 0 Å². The molecule has 0 unspecified atom stereocenters. The van der Waals surface area contributed by atoms with E-state index in [2.05, 4.69) is 13.0 Å². The summed E-state index contributed by atoms with van der Waals surface area (Å²) < 4.78 is 0. The van der Waals surface area contributed by atoms with Crippen LogP contribution in [0.25, 0.3) is 5.76 Å². The monoisotopic (exact) mass is 174 g/mol. The Hall–Kier alpha value is -1.24. The molecule has 0 aromatic heterocycles. The zero-order valence-corrected chi connectivity index (χ0v) is 7.88. The highest BCUT2D eigenvalue weighted by Gasteiger charge is 2.15. The molecule has 0 saturated heterocycles. The zero-order valence-electron chi connectivity index (χ0n) is 7.88. The van der Waals surface area contributed by atoms with Crippen LogP contribution in [0.3, 0.4) is 0 Å². The van der Waals surface area contributed by atoms with Crippen molar-refractivity contribution in [1.29, 1.82) is 0 Å². The molecule has 68 valence electrons. The highest BCUT2D eigenvalue weighted by atomic mass is 16.3. The Morgan fingerprint density at radius 1 is 1.23 bits per heavy atom. The van der Waals surface area contributed by atoms with Crippen LogP contribution in [-0.2, 0) is 6.42 Å². The van der Waals surface area contributed by atoms with Gasteiger partial charge in [-0.3, -0.25) is 0 Å². The van der Waals surface area contributed by atoms with Crippen LogP contribution < -0.4 is 0 Å². The lowest BCUT2D eigenvalue weighted by Crippen LogP contribution is -2.03. The summed E-state index contributed by atoms with van der Waals surface area (Å²) >= 11 is 0. The molecular formula is C12H14O. The van der Waals surface area contributed by atoms with Crippen molar-refractivity contribution in [3.05, 3.63) is 41.0 Å². The van der Waals surface area contributed by atoms with Crippen LogP contribution in [0, 0.1) is 0 Å². The summed E-state index contributed by atoms with van der Waals surface area (Å²) in [6.07, 6.45) is 3.04. The largest absolute Gasteiger partial charge is 0.507 e. The lowest BCUT2D eigenvalue weighted by molar-refractivity contribution is 0.496. The minimum atomic E-state index is 0.518. The number of hydrogen-bond donors (Lipinski definition) is 1. The van der Waals surface area contributed by atoms with Crippen molar-refractivity contribution in [2.45, 2.75) is 26.2 Å². The average Bonchev–Trinajstić information content (AvgIpc) is 2.19. The van der Waals surface area contributed by atoms with Crippen LogP contribution in [0.2, 0.25) is 0 Å². The summed E-state index contributed by atoms with van der Waals surface area (Å²) in [4.78, 5) is 0. The smallest absolute Gasteiger partial charge is 0.122 e. The van der Waals surface area contributed by atoms with Crippen LogP contribution in [0.1, 0.15) is 30.9 Å². The predicted octanol–water partition coefficient (Wildman–Crippen LogP) is 3.31. The first-order chi connectivity index (χ1) is 6.33. The average molecular weight is 174 g/mol. The molecule has 0 bridgehead atoms. The highest BCUT2D eigenvalue weighted by Crippen LogP contribution is 2.30. The van der Waals surface area contributed by atoms with Crippen molar-refractivity contribution in [1.82, 2.24) is 0 Å². The van der Waals surface area contributed by atoms with E-state index >= 15 is 0 Å². The SMILES string of the molecule is CCC1=C(O)c2ccccc2CC1. The fourth-order valence-electron chi connectivity index (χ4n) is 1.91. The van der Waals surface area contributed by atoms with E-state index in [1.807, 2.05) is 18.2 Å². The van der Waals surface area contributed by atoms with Crippen LogP contribution in [0.4, 0.5) is 0 Å². The van der Waals surface area contributed by atoms with Gasteiger partial charge in [0.25, 0.3) is 0 Å². The van der Waals surface area contributed by atoms with Crippen molar-refractivity contribution < 1.29 is 5.11 Å². The second-order valence-electron chi connectivity index (χ2n) is 3.46. The Morgan fingerprint density at radius 3 is 2.77 bits per heavy atom. The lowest BCUT2D eigenvalue weighted by Gasteiger charge is -2.18. The number of rotatable bonds is 1. The molecule has 1 N–H and O–H groups in total. The molecule has 1 aromatic carbocycles. The first-order valence-electron chi connectivity index (χ1n) is 4.82. The van der Waals surface area contributed by atoms with Gasteiger partial charge in [-0.15, -0.1) is 0 Å². The molecule has 0 aliphatic heterocycles. The van der Waals surface area contributed by atoms with Gasteiger partial charge in [-0.1, -0.05) is 31.2 Å². The van der Waals surface area contributed by atoms with Crippen molar-refractivity contribution in [3.63, 3.8) is 0 Å². The maximum absolute atomic E-state index is 9.90. The fraction of sp³-hybridized carbons (Fsp3) is 0.333. The van der Waals surface area contributed by atoms with Gasteiger partial charge < -0.3 is 5.11 Å². The van der Waals surface area contributed by atoms with Crippen LogP contribution in [-0.4, -0.2) is 5.11 Å². The van der Waals surface area contributed by atoms with Crippen molar-refractivity contribution in [2.24, 2.45) is 0 Å². The number of aryl methyl sites for hydroxylation is 1. The lowest BCUT2D eigenvalue weighted by atomic mass is 9.89. The van der Waals surface area contributed by atoms with Gasteiger partial charge in [0, 0.05) is 5.56 Å². The Kier molecular flexibility index (Phi) is 2.09. The third-order valence-electron chi connectivity index (χ3n) is 2.73. The number of allylic oxidation sites excluding steroid dienone is 1. The van der Waals surface area contributed by atoms with E-state index in [1.165, 1.54) is 11.1 Å². The van der Waals surface area contributed by atoms with Crippen molar-refractivity contribution >= 4 is 5.76 Å². The van der Waals surface area contributed by atoms with E-state index in [4.69, 9.17) is 0 Å². The molecule has 0 heterocycles. The molecule has 0 amide bonds. The van der Waals surface area contributed by atoms with Gasteiger partial charge in [0.2, 0.25) is 0 Å². The summed E-state index contributed by atoms with van der Waals surface area (Å²) in [6.45, 7) is 2.10. The highest BCUT2D eigenvalue weighted by molar-refractivity contribution is 5.66. The Bertz CT molecular complexity index is 350. The first-order valence-corrected chi connectivity index (χ1v) is 4.82. The van der Waals surface area contributed by atoms with Crippen molar-refractivity contribution in [3.8, 4) is 0 Å². The van der Waals surface area contributed by atoms with E-state index in [0.29, 0.717) is 5.76 Å². The molecule has 2 rings (SSSR count). The van der Waals surface area contributed by atoms with E-state index in [9.17, 15) is 5.11 Å². The second-order valence-corrected chi connectivity index (χ2v) is 3.46. The number of benzene rings is 1. The second kappa shape index (κ2) is 3.25. The number of fused-ring (bicyclic) bond motifs is 1. The third kappa shape index (κ3) is 1.35. The third-order valence-corrected chi connectivity index (χ3v) is 2.73. The summed E-state index contributed by atoms with van der Waals surface area (Å²) in [5.41, 5.74) is 3.50. The standard InChI is InChI=1S/C12H14O/c1-2-9-7-8-10-5-3-4-6-11(10)12(9)13/h3-6,13H,2,7-8H2,1H3. The Balaban J connectivity index is 2.52. The van der Waals surface area contributed by atoms with Crippen molar-refractivity contribution in [2.75, 3.05) is 0 Å². The Labute approximate surface area is 78.7 Å². The van der Waals surface area contributed by atoms with Crippen LogP contribution >= 0.6 is 0 Å². The molecular weight excluding hydrogens is 160 g/mol. The molecule has 0 radical (unpaired) electrons. The summed E-state index contributed by atoms with van der Waals surface area (Å²) in [5, 5.41) is 9.90. The van der Waals surface area contributed by atoms with Gasteiger partial charge in [-0.2, -0.15) is 0 Å². The van der Waals surface area contributed by atoms with Gasteiger partial charge >= 0.3 is 0 Å². The maximum atomic E-state index is 9.90. The minimum Gasteiger partial charge on any atom is -0.507 e. The molecule has 13 heavy (non-hydrogen) atoms. The zero-order chi connectivity index (χ0) is 9.26. The van der Waals surface area contributed by atoms with E-state index in [0.717, 1.165) is 24.8 Å². The molecule has 1 nitrogen and oxygen atoms in total. The summed E-state index contributed by atoms with van der Waals surface area (Å²) in [6, 6.07) is 8.11. The van der Waals surface area contributed by atoms with E-state index < -0.39 is 0 Å². The first kappa shape index (κ1) is 8.36. The van der Waals surface area contributed by atoms with Crippen LogP contribution in [0.5, 0.6) is 0 Å². The minimum absolute atomic E-state index is 0.518. The topological polar surface area (TPSA) is 20.2 Å². The van der Waals surface area contributed by atoms with E-state index in [1.54, 1.807) is 0 Å². The van der Waals surface area contributed by atoms with Gasteiger partial charge in [0.15, 0.2) is 0 Å². The van der Waals surface area contributed by atoms with Gasteiger partial charge in [-0.25, -0.2) is 0 Å². The molecule has 0 saturated carbocycles. The van der Waals surface area contributed by atoms with Gasteiger partial charge in [0.1, 0.15) is 5.76 Å². The molecule has 1 heteroatoms. The van der Waals surface area contributed by atoms with Gasteiger partial charge in [-0.05, 0) is 30.4 Å². The number of aliphatic hydroxyl groups is 1. The molecule has 0 atom stereocenters. The van der Waals surface area contributed by atoms with Crippen LogP contribution in [0.15, 0.2) is 29.8 Å².